The van der Waals surface area contributed by atoms with Crippen LogP contribution in [0.25, 0.3) is 0 Å². The second kappa shape index (κ2) is 5.37. The van der Waals surface area contributed by atoms with Gasteiger partial charge in [-0.05, 0) is 24.6 Å². The summed E-state index contributed by atoms with van der Waals surface area (Å²) in [5.74, 6) is 0. The van der Waals surface area contributed by atoms with Gasteiger partial charge in [-0.2, -0.15) is 13.2 Å². The van der Waals surface area contributed by atoms with E-state index >= 15 is 0 Å². The standard InChI is InChI=1S/C11H13BrF3NO/c1-10(7-17,16-6-11(13,14)15)8-3-2-4-9(12)5-8/h2-5,16-17H,6-7H2,1H3. The highest BCUT2D eigenvalue weighted by Gasteiger charge is 2.33. The van der Waals surface area contributed by atoms with E-state index in [1.165, 1.54) is 6.92 Å². The fourth-order valence-electron chi connectivity index (χ4n) is 1.38. The molecule has 1 unspecified atom stereocenters. The summed E-state index contributed by atoms with van der Waals surface area (Å²) in [5, 5.41) is 11.6. The van der Waals surface area contributed by atoms with Crippen molar-refractivity contribution < 1.29 is 18.3 Å². The smallest absolute Gasteiger partial charge is 0.394 e. The second-order valence-corrected chi connectivity index (χ2v) is 4.88. The van der Waals surface area contributed by atoms with Crippen LogP contribution in [0.2, 0.25) is 0 Å². The van der Waals surface area contributed by atoms with Crippen molar-refractivity contribution >= 4 is 15.9 Å². The van der Waals surface area contributed by atoms with Crippen LogP contribution in [-0.4, -0.2) is 24.4 Å². The predicted molar refractivity (Wildman–Crippen MR) is 62.6 cm³/mol. The zero-order valence-corrected chi connectivity index (χ0v) is 10.8. The Morgan fingerprint density at radius 1 is 1.35 bits per heavy atom. The van der Waals surface area contributed by atoms with E-state index in [1.807, 2.05) is 0 Å². The summed E-state index contributed by atoms with van der Waals surface area (Å²) >= 11 is 3.24. The van der Waals surface area contributed by atoms with Crippen LogP contribution in [-0.2, 0) is 5.54 Å². The topological polar surface area (TPSA) is 32.3 Å². The lowest BCUT2D eigenvalue weighted by molar-refractivity contribution is -0.129. The molecule has 0 aliphatic heterocycles. The summed E-state index contributed by atoms with van der Waals surface area (Å²) in [6.07, 6.45) is -4.30. The van der Waals surface area contributed by atoms with Crippen LogP contribution in [0.15, 0.2) is 28.7 Å². The molecule has 0 radical (unpaired) electrons. The first kappa shape index (κ1) is 14.5. The van der Waals surface area contributed by atoms with Crippen molar-refractivity contribution in [3.63, 3.8) is 0 Å². The minimum atomic E-state index is -4.30. The van der Waals surface area contributed by atoms with Gasteiger partial charge in [-0.3, -0.25) is 5.32 Å². The van der Waals surface area contributed by atoms with Gasteiger partial charge in [-0.1, -0.05) is 28.1 Å². The Kier molecular flexibility index (Phi) is 4.57. The molecule has 0 amide bonds. The van der Waals surface area contributed by atoms with Crippen LogP contribution < -0.4 is 5.32 Å². The van der Waals surface area contributed by atoms with Crippen molar-refractivity contribution in [2.24, 2.45) is 0 Å². The molecule has 1 aromatic carbocycles. The third-order valence-electron chi connectivity index (χ3n) is 2.46. The van der Waals surface area contributed by atoms with Gasteiger partial charge in [0.25, 0.3) is 0 Å². The highest BCUT2D eigenvalue weighted by atomic mass is 79.9. The van der Waals surface area contributed by atoms with Crippen LogP contribution in [0.4, 0.5) is 13.2 Å². The first-order valence-electron chi connectivity index (χ1n) is 4.95. The maximum Gasteiger partial charge on any atom is 0.401 e. The Labute approximate surface area is 106 Å². The van der Waals surface area contributed by atoms with Gasteiger partial charge < -0.3 is 5.11 Å². The number of hydrogen-bond donors (Lipinski definition) is 2. The molecule has 0 fully saturated rings. The van der Waals surface area contributed by atoms with Crippen molar-refractivity contribution in [2.45, 2.75) is 18.6 Å². The highest BCUT2D eigenvalue weighted by Crippen LogP contribution is 2.25. The molecule has 0 spiro atoms. The summed E-state index contributed by atoms with van der Waals surface area (Å²) in [7, 11) is 0. The molecule has 6 heteroatoms. The Morgan fingerprint density at radius 2 is 2.00 bits per heavy atom. The molecule has 0 aliphatic rings. The Balaban J connectivity index is 2.88. The number of benzene rings is 1. The maximum absolute atomic E-state index is 12.2. The number of aliphatic hydroxyl groups excluding tert-OH is 1. The van der Waals surface area contributed by atoms with Crippen molar-refractivity contribution in [1.29, 1.82) is 0 Å². The number of aliphatic hydroxyl groups is 1. The van der Waals surface area contributed by atoms with E-state index in [1.54, 1.807) is 24.3 Å². The van der Waals surface area contributed by atoms with E-state index in [2.05, 4.69) is 21.2 Å². The van der Waals surface area contributed by atoms with E-state index in [4.69, 9.17) is 0 Å². The van der Waals surface area contributed by atoms with Gasteiger partial charge >= 0.3 is 6.18 Å². The quantitative estimate of drug-likeness (QED) is 0.896. The van der Waals surface area contributed by atoms with Crippen LogP contribution in [0.5, 0.6) is 0 Å². The SMILES string of the molecule is CC(CO)(NCC(F)(F)F)c1cccc(Br)c1. The predicted octanol–water partition coefficient (Wildman–Crippen LogP) is 2.81. The fourth-order valence-corrected chi connectivity index (χ4v) is 1.78. The summed E-state index contributed by atoms with van der Waals surface area (Å²) in [4.78, 5) is 0. The van der Waals surface area contributed by atoms with E-state index in [9.17, 15) is 18.3 Å². The molecular formula is C11H13BrF3NO. The average Bonchev–Trinajstić information content (AvgIpc) is 2.25. The lowest BCUT2D eigenvalue weighted by atomic mass is 9.93. The van der Waals surface area contributed by atoms with Crippen molar-refractivity contribution in [1.82, 2.24) is 5.32 Å². The van der Waals surface area contributed by atoms with Crippen molar-refractivity contribution in [2.75, 3.05) is 13.2 Å². The van der Waals surface area contributed by atoms with Gasteiger partial charge in [0.05, 0.1) is 18.7 Å². The van der Waals surface area contributed by atoms with Gasteiger partial charge in [0, 0.05) is 4.47 Å². The van der Waals surface area contributed by atoms with E-state index in [0.717, 1.165) is 4.47 Å². The van der Waals surface area contributed by atoms with Gasteiger partial charge in [0.2, 0.25) is 0 Å². The zero-order chi connectivity index (χ0) is 13.1. The molecule has 0 aromatic heterocycles. The number of hydrogen-bond acceptors (Lipinski definition) is 2. The Bertz CT molecular complexity index is 383. The molecule has 0 bridgehead atoms. The fraction of sp³-hybridized carbons (Fsp3) is 0.455. The molecule has 0 saturated heterocycles. The normalized spacial score (nSPS) is 15.6. The van der Waals surface area contributed by atoms with Gasteiger partial charge in [0.15, 0.2) is 0 Å². The molecule has 0 aliphatic carbocycles. The van der Waals surface area contributed by atoms with Crippen molar-refractivity contribution in [3.05, 3.63) is 34.3 Å². The minimum Gasteiger partial charge on any atom is -0.394 e. The molecule has 2 nitrogen and oxygen atoms in total. The number of halogens is 4. The van der Waals surface area contributed by atoms with Crippen LogP contribution in [0.1, 0.15) is 12.5 Å². The number of alkyl halides is 3. The molecule has 1 aromatic rings. The largest absolute Gasteiger partial charge is 0.401 e. The third-order valence-corrected chi connectivity index (χ3v) is 2.95. The van der Waals surface area contributed by atoms with Gasteiger partial charge in [-0.15, -0.1) is 0 Å². The lowest BCUT2D eigenvalue weighted by Gasteiger charge is -2.30. The highest BCUT2D eigenvalue weighted by molar-refractivity contribution is 9.10. The molecule has 1 atom stereocenters. The van der Waals surface area contributed by atoms with Gasteiger partial charge in [-0.25, -0.2) is 0 Å². The van der Waals surface area contributed by atoms with Crippen LogP contribution in [0.3, 0.4) is 0 Å². The Hall–Kier alpha value is -0.590. The maximum atomic E-state index is 12.2. The number of rotatable bonds is 4. The molecule has 0 saturated carbocycles. The first-order valence-corrected chi connectivity index (χ1v) is 5.75. The van der Waals surface area contributed by atoms with Crippen LogP contribution in [0, 0.1) is 0 Å². The summed E-state index contributed by atoms with van der Waals surface area (Å²) in [6, 6.07) is 6.83. The molecule has 17 heavy (non-hydrogen) atoms. The molecule has 2 N–H and O–H groups in total. The summed E-state index contributed by atoms with van der Waals surface area (Å²) in [6.45, 7) is -0.0311. The average molecular weight is 312 g/mol. The summed E-state index contributed by atoms with van der Waals surface area (Å²) < 4.78 is 37.2. The van der Waals surface area contributed by atoms with E-state index < -0.39 is 24.9 Å². The molecule has 0 heterocycles. The molecular weight excluding hydrogens is 299 g/mol. The zero-order valence-electron chi connectivity index (χ0n) is 9.18. The molecule has 96 valence electrons. The third kappa shape index (κ3) is 4.29. The Morgan fingerprint density at radius 3 is 2.47 bits per heavy atom. The van der Waals surface area contributed by atoms with Gasteiger partial charge in [0.1, 0.15) is 0 Å². The second-order valence-electron chi connectivity index (χ2n) is 3.97. The van der Waals surface area contributed by atoms with Crippen molar-refractivity contribution in [3.8, 4) is 0 Å². The molecule has 1 rings (SSSR count). The number of nitrogens with one attached hydrogen (secondary N) is 1. The van der Waals surface area contributed by atoms with E-state index in [-0.39, 0.29) is 0 Å². The van der Waals surface area contributed by atoms with Crippen LogP contribution >= 0.6 is 15.9 Å². The summed E-state index contributed by atoms with van der Waals surface area (Å²) in [5.41, 5.74) is -0.516. The monoisotopic (exact) mass is 311 g/mol. The first-order chi connectivity index (χ1) is 7.77. The van der Waals surface area contributed by atoms with E-state index in [0.29, 0.717) is 5.56 Å². The lowest BCUT2D eigenvalue weighted by Crippen LogP contribution is -2.47. The minimum absolute atomic E-state index is 0.417.